The lowest BCUT2D eigenvalue weighted by Crippen LogP contribution is -2.63. The van der Waals surface area contributed by atoms with Crippen LogP contribution in [0, 0.1) is 13.8 Å². The molecule has 0 spiro atoms. The molecule has 0 atom stereocenters. The molecule has 3 heterocycles. The van der Waals surface area contributed by atoms with Gasteiger partial charge in [0.25, 0.3) is 0 Å². The molecule has 2 nitrogen and oxygen atoms in total. The van der Waals surface area contributed by atoms with Gasteiger partial charge in [-0.05, 0) is 30.4 Å². The van der Waals surface area contributed by atoms with Crippen LogP contribution in [-0.4, -0.2) is 16.7 Å². The topological polar surface area (TPSA) is 25.8 Å². The number of rotatable bonds is 0. The summed E-state index contributed by atoms with van der Waals surface area (Å²) in [5.74, 6) is 0. The van der Waals surface area contributed by atoms with Gasteiger partial charge >= 0.3 is 0 Å². The molecule has 2 aromatic carbocycles. The lowest BCUT2D eigenvalue weighted by atomic mass is 9.30. The van der Waals surface area contributed by atoms with Crippen LogP contribution in [0.25, 0.3) is 0 Å². The van der Waals surface area contributed by atoms with Crippen LogP contribution in [0.2, 0.25) is 0 Å². The molecule has 0 saturated heterocycles. The van der Waals surface area contributed by atoms with Gasteiger partial charge in [0.15, 0.2) is 0 Å². The van der Waals surface area contributed by atoms with Gasteiger partial charge in [0.05, 0.1) is 0 Å². The molecular weight excluding hydrogens is 279 g/mol. The summed E-state index contributed by atoms with van der Waals surface area (Å²) >= 11 is 0. The van der Waals surface area contributed by atoms with Crippen LogP contribution in [0.3, 0.4) is 0 Å². The molecule has 110 valence electrons. The SMILES string of the molecule is Cc1cccc2c1B1c3c(C)cccc3Cc3ncnc(c31)C2. The molecule has 0 unspecified atom stereocenters. The maximum Gasteiger partial charge on any atom is 0.247 e. The van der Waals surface area contributed by atoms with Crippen LogP contribution >= 0.6 is 0 Å². The summed E-state index contributed by atoms with van der Waals surface area (Å²) in [6.07, 6.45) is 3.60. The van der Waals surface area contributed by atoms with E-state index < -0.39 is 0 Å². The van der Waals surface area contributed by atoms with Crippen LogP contribution in [0.4, 0.5) is 0 Å². The Labute approximate surface area is 136 Å². The zero-order valence-corrected chi connectivity index (χ0v) is 13.4. The van der Waals surface area contributed by atoms with Crippen molar-refractivity contribution in [3.05, 3.63) is 76.4 Å². The van der Waals surface area contributed by atoms with Gasteiger partial charge in [0.2, 0.25) is 6.71 Å². The lowest BCUT2D eigenvalue weighted by Gasteiger charge is -2.34. The van der Waals surface area contributed by atoms with Crippen LogP contribution in [-0.2, 0) is 12.8 Å². The van der Waals surface area contributed by atoms with Gasteiger partial charge in [-0.1, -0.05) is 58.5 Å². The van der Waals surface area contributed by atoms with Crippen molar-refractivity contribution >= 4 is 23.1 Å². The smallest absolute Gasteiger partial charge is 0.242 e. The van der Waals surface area contributed by atoms with Crippen LogP contribution in [0.5, 0.6) is 0 Å². The monoisotopic (exact) mass is 296 g/mol. The Morgan fingerprint density at radius 2 is 1.26 bits per heavy atom. The molecule has 0 saturated carbocycles. The first kappa shape index (κ1) is 13.1. The maximum atomic E-state index is 4.63. The van der Waals surface area contributed by atoms with Crippen LogP contribution in [0.15, 0.2) is 42.7 Å². The third-order valence-electron chi connectivity index (χ3n) is 5.46. The summed E-state index contributed by atoms with van der Waals surface area (Å²) in [6.45, 7) is 4.77. The first-order valence-electron chi connectivity index (χ1n) is 8.23. The molecule has 0 amide bonds. The molecule has 1 aromatic heterocycles. The van der Waals surface area contributed by atoms with Crippen LogP contribution < -0.4 is 16.4 Å². The standard InChI is InChI=1S/C20H17BN2/c1-12-5-3-7-14-9-16-20-17(23-11-22-16)10-15-8-4-6-13(2)19(15)21(20)18(12)14/h3-8,11H,9-10H2,1-2H3. The zero-order chi connectivity index (χ0) is 15.6. The minimum Gasteiger partial charge on any atom is -0.242 e. The van der Waals surface area contributed by atoms with E-state index in [9.17, 15) is 0 Å². The van der Waals surface area contributed by atoms with Crippen molar-refractivity contribution in [1.29, 1.82) is 0 Å². The molecule has 2 aliphatic rings. The Morgan fingerprint density at radius 1 is 0.739 bits per heavy atom. The number of nitrogens with zero attached hydrogens (tertiary/aromatic N) is 2. The summed E-state index contributed by atoms with van der Waals surface area (Å²) in [6, 6.07) is 13.3. The molecule has 5 rings (SSSR count). The Morgan fingerprint density at radius 3 is 1.78 bits per heavy atom. The number of aromatic nitrogens is 2. The van der Waals surface area contributed by atoms with Gasteiger partial charge in [-0.25, -0.2) is 9.97 Å². The van der Waals surface area contributed by atoms with Crippen molar-refractivity contribution < 1.29 is 0 Å². The minimum absolute atomic E-state index is 0.302. The van der Waals surface area contributed by atoms with Gasteiger partial charge in [0.1, 0.15) is 6.33 Å². The number of fused-ring (bicyclic) bond motifs is 4. The Bertz CT molecular complexity index is 855. The minimum atomic E-state index is 0.302. The van der Waals surface area contributed by atoms with E-state index in [2.05, 4.69) is 60.2 Å². The maximum absolute atomic E-state index is 4.63. The van der Waals surface area contributed by atoms with Gasteiger partial charge in [-0.15, -0.1) is 0 Å². The highest BCUT2D eigenvalue weighted by molar-refractivity contribution is 6.97. The summed E-state index contributed by atoms with van der Waals surface area (Å²) in [4.78, 5) is 9.26. The number of hydrogen-bond acceptors (Lipinski definition) is 2. The summed E-state index contributed by atoms with van der Waals surface area (Å²) in [5, 5.41) is 0. The highest BCUT2D eigenvalue weighted by Gasteiger charge is 2.39. The largest absolute Gasteiger partial charge is 0.247 e. The van der Waals surface area contributed by atoms with Gasteiger partial charge in [-0.2, -0.15) is 0 Å². The Hall–Kier alpha value is -2.42. The van der Waals surface area contributed by atoms with Crippen LogP contribution in [0.1, 0.15) is 33.6 Å². The fourth-order valence-corrected chi connectivity index (χ4v) is 4.50. The average molecular weight is 296 g/mol. The van der Waals surface area contributed by atoms with Crippen molar-refractivity contribution in [2.24, 2.45) is 0 Å². The van der Waals surface area contributed by atoms with Gasteiger partial charge in [0, 0.05) is 24.2 Å². The molecule has 3 aromatic rings. The van der Waals surface area contributed by atoms with Gasteiger partial charge < -0.3 is 0 Å². The second-order valence-corrected chi connectivity index (χ2v) is 6.76. The first-order chi connectivity index (χ1) is 11.2. The number of hydrogen-bond donors (Lipinski definition) is 0. The molecule has 0 bridgehead atoms. The molecule has 0 radical (unpaired) electrons. The molecule has 3 heteroatoms. The molecule has 0 fully saturated rings. The molecular formula is C20H17BN2. The van der Waals surface area contributed by atoms with Gasteiger partial charge in [-0.3, -0.25) is 0 Å². The third-order valence-corrected chi connectivity index (χ3v) is 5.46. The normalized spacial score (nSPS) is 14.1. The molecule has 23 heavy (non-hydrogen) atoms. The predicted octanol–water partition coefficient (Wildman–Crippen LogP) is 1.42. The number of aryl methyl sites for hydroxylation is 2. The van der Waals surface area contributed by atoms with Crippen molar-refractivity contribution in [2.75, 3.05) is 0 Å². The highest BCUT2D eigenvalue weighted by atomic mass is 14.8. The van der Waals surface area contributed by atoms with E-state index in [4.69, 9.17) is 0 Å². The van der Waals surface area contributed by atoms with E-state index in [1.165, 1.54) is 50.0 Å². The van der Waals surface area contributed by atoms with E-state index in [-0.39, 0.29) is 0 Å². The second-order valence-electron chi connectivity index (χ2n) is 6.76. The molecule has 0 aliphatic carbocycles. The quantitative estimate of drug-likeness (QED) is 0.404. The van der Waals surface area contributed by atoms with E-state index >= 15 is 0 Å². The van der Waals surface area contributed by atoms with E-state index in [1.807, 2.05) is 0 Å². The summed E-state index contributed by atoms with van der Waals surface area (Å²) in [7, 11) is 0. The fraction of sp³-hybridized carbons (Fsp3) is 0.200. The summed E-state index contributed by atoms with van der Waals surface area (Å²) < 4.78 is 0. The Kier molecular flexibility index (Phi) is 2.58. The molecule has 0 N–H and O–H groups in total. The zero-order valence-electron chi connectivity index (χ0n) is 13.4. The van der Waals surface area contributed by atoms with E-state index in [0.717, 1.165) is 12.8 Å². The van der Waals surface area contributed by atoms with Crippen molar-refractivity contribution in [3.63, 3.8) is 0 Å². The number of benzene rings is 2. The van der Waals surface area contributed by atoms with Crippen molar-refractivity contribution in [1.82, 2.24) is 9.97 Å². The van der Waals surface area contributed by atoms with Crippen molar-refractivity contribution in [2.45, 2.75) is 26.7 Å². The second kappa shape index (κ2) is 4.54. The molecule has 2 aliphatic heterocycles. The van der Waals surface area contributed by atoms with E-state index in [1.54, 1.807) is 6.33 Å². The first-order valence-corrected chi connectivity index (χ1v) is 8.23. The predicted molar refractivity (Wildman–Crippen MR) is 94.7 cm³/mol. The fourth-order valence-electron chi connectivity index (χ4n) is 4.50. The van der Waals surface area contributed by atoms with Crippen molar-refractivity contribution in [3.8, 4) is 0 Å². The third kappa shape index (κ3) is 1.71. The Balaban J connectivity index is 1.91. The average Bonchev–Trinajstić information content (AvgIpc) is 2.55. The highest BCUT2D eigenvalue weighted by Crippen LogP contribution is 2.21. The lowest BCUT2D eigenvalue weighted by molar-refractivity contribution is 0.974. The van der Waals surface area contributed by atoms with E-state index in [0.29, 0.717) is 6.71 Å². The summed E-state index contributed by atoms with van der Waals surface area (Å²) in [5.41, 5.74) is 12.4.